The molecular formula is C27H33N5O6S. The van der Waals surface area contributed by atoms with Crippen LogP contribution in [0.5, 0.6) is 5.75 Å². The highest BCUT2D eigenvalue weighted by atomic mass is 32.2. The van der Waals surface area contributed by atoms with Gasteiger partial charge in [0.25, 0.3) is 0 Å². The number of aliphatic carboxylic acids is 1. The van der Waals surface area contributed by atoms with E-state index in [2.05, 4.69) is 20.3 Å². The summed E-state index contributed by atoms with van der Waals surface area (Å²) in [5.74, 6) is -1.19. The molecular weight excluding hydrogens is 522 g/mol. The maximum atomic E-state index is 12.9. The van der Waals surface area contributed by atoms with E-state index in [9.17, 15) is 24.3 Å². The van der Waals surface area contributed by atoms with Crippen LogP contribution in [0.15, 0.2) is 46.9 Å². The second kappa shape index (κ2) is 13.7. The van der Waals surface area contributed by atoms with E-state index in [-0.39, 0.29) is 24.0 Å². The van der Waals surface area contributed by atoms with Gasteiger partial charge >= 0.3 is 12.0 Å². The van der Waals surface area contributed by atoms with Gasteiger partial charge in [-0.3, -0.25) is 9.59 Å². The number of aryl methyl sites for hydroxylation is 1. The summed E-state index contributed by atoms with van der Waals surface area (Å²) < 4.78 is 9.85. The molecule has 12 heteroatoms. The number of hydrogen-bond donors (Lipinski definition) is 4. The number of amides is 4. The molecule has 2 aromatic rings. The summed E-state index contributed by atoms with van der Waals surface area (Å²) in [5, 5.41) is 17.3. The molecule has 2 atom stereocenters. The topological polar surface area (TPSA) is 149 Å². The smallest absolute Gasteiger partial charge is 0.326 e. The molecule has 3 rings (SSSR count). The van der Waals surface area contributed by atoms with E-state index in [4.69, 9.17) is 4.74 Å². The van der Waals surface area contributed by atoms with Crippen molar-refractivity contribution in [3.05, 3.63) is 53.6 Å². The first-order valence-electron chi connectivity index (χ1n) is 12.3. The van der Waals surface area contributed by atoms with Crippen LogP contribution in [0.3, 0.4) is 0 Å². The number of benzene rings is 2. The maximum Gasteiger partial charge on any atom is 0.326 e. The second-order valence-corrected chi connectivity index (χ2v) is 10.3. The zero-order valence-electron chi connectivity index (χ0n) is 22.3. The van der Waals surface area contributed by atoms with E-state index in [1.165, 1.54) is 26.0 Å². The van der Waals surface area contributed by atoms with E-state index in [0.29, 0.717) is 35.7 Å². The number of anilines is 2. The number of carbonyl (C=O) groups excluding carboxylic acids is 3. The molecule has 0 aromatic heterocycles. The summed E-state index contributed by atoms with van der Waals surface area (Å²) in [7, 11) is 3.17. The summed E-state index contributed by atoms with van der Waals surface area (Å²) in [6.07, 6.45) is 0.897. The number of ether oxygens (including phenoxy) is 1. The van der Waals surface area contributed by atoms with Crippen molar-refractivity contribution < 1.29 is 29.0 Å². The van der Waals surface area contributed by atoms with Crippen molar-refractivity contribution >= 4 is 52.8 Å². The van der Waals surface area contributed by atoms with E-state index in [1.807, 2.05) is 31.2 Å². The van der Waals surface area contributed by atoms with Gasteiger partial charge in [-0.15, -0.1) is 0 Å². The number of nitrogens with zero attached hydrogens (tertiary/aromatic N) is 2. The van der Waals surface area contributed by atoms with Crippen molar-refractivity contribution in [2.24, 2.45) is 4.40 Å². The minimum Gasteiger partial charge on any atom is -0.495 e. The second-order valence-electron chi connectivity index (χ2n) is 9.27. The molecule has 1 aliphatic heterocycles. The summed E-state index contributed by atoms with van der Waals surface area (Å²) in [6, 6.07) is 11.2. The molecule has 2 aromatic carbocycles. The van der Waals surface area contributed by atoms with Gasteiger partial charge in [-0.05, 0) is 54.6 Å². The quantitative estimate of drug-likeness (QED) is 0.310. The third-order valence-corrected chi connectivity index (χ3v) is 7.10. The van der Waals surface area contributed by atoms with Crippen molar-refractivity contribution in [3.8, 4) is 5.75 Å². The molecule has 0 saturated heterocycles. The minimum atomic E-state index is -1.09. The van der Waals surface area contributed by atoms with Crippen LogP contribution in [0.2, 0.25) is 0 Å². The number of carboxylic acid groups (broad SMARTS) is 1. The molecule has 0 spiro atoms. The van der Waals surface area contributed by atoms with Gasteiger partial charge in [0.05, 0.1) is 25.8 Å². The highest BCUT2D eigenvalue weighted by Crippen LogP contribution is 2.29. The van der Waals surface area contributed by atoms with E-state index < -0.39 is 23.9 Å². The van der Waals surface area contributed by atoms with Gasteiger partial charge in [0.15, 0.2) is 0 Å². The Morgan fingerprint density at radius 3 is 2.54 bits per heavy atom. The third-order valence-electron chi connectivity index (χ3n) is 6.08. The fourth-order valence-electron chi connectivity index (χ4n) is 4.05. The van der Waals surface area contributed by atoms with Crippen molar-refractivity contribution in [1.29, 1.82) is 0 Å². The summed E-state index contributed by atoms with van der Waals surface area (Å²) in [4.78, 5) is 49.6. The molecule has 1 heterocycles. The zero-order valence-corrected chi connectivity index (χ0v) is 23.1. The highest BCUT2D eigenvalue weighted by Gasteiger charge is 2.28. The van der Waals surface area contributed by atoms with E-state index >= 15 is 0 Å². The van der Waals surface area contributed by atoms with Gasteiger partial charge in [-0.1, -0.05) is 24.3 Å². The Kier molecular flexibility index (Phi) is 10.3. The van der Waals surface area contributed by atoms with Crippen molar-refractivity contribution in [2.45, 2.75) is 44.4 Å². The molecule has 0 bridgehead atoms. The predicted octanol–water partition coefficient (Wildman–Crippen LogP) is 3.49. The standard InChI is InChI=1S/C27H33N5O6S/c1-16-7-5-6-8-21(16)29-27(37)30-22-10-9-18(11-24(22)38-4)12-25(34)32(3)15-19-13-20(39-31-19)14-23(26(35)36)28-17(2)33/h5-11,20,23H,12-15H2,1-4H3,(H,28,33)(H,35,36)(H2,29,30,37). The molecule has 4 amide bonds. The van der Waals surface area contributed by atoms with Gasteiger partial charge in [-0.25, -0.2) is 14.0 Å². The van der Waals surface area contributed by atoms with Crippen LogP contribution in [-0.4, -0.2) is 71.5 Å². The lowest BCUT2D eigenvalue weighted by Gasteiger charge is -2.19. The minimum absolute atomic E-state index is 0.0937. The van der Waals surface area contributed by atoms with Crippen LogP contribution in [0.4, 0.5) is 16.2 Å². The lowest BCUT2D eigenvalue weighted by atomic mass is 10.1. The SMILES string of the molecule is COc1cc(CC(=O)N(C)CC2=NSC(CC(NC(C)=O)C(=O)O)C2)ccc1NC(=O)Nc1ccccc1C. The number of para-hydroxylation sites is 1. The fourth-order valence-corrected chi connectivity index (χ4v) is 5.02. The van der Waals surface area contributed by atoms with Crippen LogP contribution in [0.25, 0.3) is 0 Å². The Hall–Kier alpha value is -4.06. The van der Waals surface area contributed by atoms with Crippen molar-refractivity contribution in [3.63, 3.8) is 0 Å². The molecule has 0 radical (unpaired) electrons. The van der Waals surface area contributed by atoms with Gasteiger partial charge in [0, 0.05) is 37.0 Å². The van der Waals surface area contributed by atoms with Crippen molar-refractivity contribution in [2.75, 3.05) is 31.3 Å². The number of methoxy groups -OCH3 is 1. The molecule has 11 nitrogen and oxygen atoms in total. The molecule has 1 aliphatic rings. The Bertz CT molecular complexity index is 1270. The highest BCUT2D eigenvalue weighted by molar-refractivity contribution is 7.99. The van der Waals surface area contributed by atoms with Crippen LogP contribution in [0.1, 0.15) is 30.9 Å². The molecule has 0 fully saturated rings. The Balaban J connectivity index is 1.53. The summed E-state index contributed by atoms with van der Waals surface area (Å²) >= 11 is 1.27. The number of likely N-dealkylation sites (N-methyl/N-ethyl adjacent to an activating group) is 1. The number of nitrogens with one attached hydrogen (secondary N) is 3. The van der Waals surface area contributed by atoms with Crippen LogP contribution in [-0.2, 0) is 20.8 Å². The fraction of sp³-hybridized carbons (Fsp3) is 0.370. The van der Waals surface area contributed by atoms with Gasteiger partial charge in [0.1, 0.15) is 11.8 Å². The van der Waals surface area contributed by atoms with Crippen LogP contribution < -0.4 is 20.7 Å². The number of carbonyl (C=O) groups is 4. The molecule has 0 aliphatic carbocycles. The first kappa shape index (κ1) is 29.5. The molecule has 39 heavy (non-hydrogen) atoms. The lowest BCUT2D eigenvalue weighted by molar-refractivity contribution is -0.141. The van der Waals surface area contributed by atoms with E-state index in [1.54, 1.807) is 30.1 Å². The Morgan fingerprint density at radius 2 is 1.87 bits per heavy atom. The summed E-state index contributed by atoms with van der Waals surface area (Å²) in [5.41, 5.74) is 3.60. The molecule has 4 N–H and O–H groups in total. The Labute approximate surface area is 231 Å². The number of carboxylic acids is 1. The summed E-state index contributed by atoms with van der Waals surface area (Å²) in [6.45, 7) is 3.50. The average molecular weight is 556 g/mol. The lowest BCUT2D eigenvalue weighted by Crippen LogP contribution is -2.41. The first-order valence-corrected chi connectivity index (χ1v) is 13.1. The van der Waals surface area contributed by atoms with Crippen molar-refractivity contribution in [1.82, 2.24) is 10.2 Å². The van der Waals surface area contributed by atoms with Gasteiger partial charge < -0.3 is 30.7 Å². The zero-order chi connectivity index (χ0) is 28.5. The maximum absolute atomic E-state index is 12.9. The molecule has 0 saturated carbocycles. The number of urea groups is 1. The van der Waals surface area contributed by atoms with Gasteiger partial charge in [-0.2, -0.15) is 0 Å². The molecule has 208 valence electrons. The Morgan fingerprint density at radius 1 is 1.15 bits per heavy atom. The number of rotatable bonds is 11. The molecule has 2 unspecified atom stereocenters. The number of hydrogen-bond acceptors (Lipinski definition) is 7. The third kappa shape index (κ3) is 8.74. The van der Waals surface area contributed by atoms with Crippen LogP contribution in [0, 0.1) is 6.92 Å². The largest absolute Gasteiger partial charge is 0.495 e. The van der Waals surface area contributed by atoms with Crippen LogP contribution >= 0.6 is 11.9 Å². The predicted molar refractivity (Wildman–Crippen MR) is 151 cm³/mol. The average Bonchev–Trinajstić information content (AvgIpc) is 3.32. The van der Waals surface area contributed by atoms with Gasteiger partial charge in [0.2, 0.25) is 11.8 Å². The normalized spacial score (nSPS) is 15.1. The monoisotopic (exact) mass is 555 g/mol. The first-order chi connectivity index (χ1) is 18.5. The van der Waals surface area contributed by atoms with E-state index in [0.717, 1.165) is 11.3 Å².